The third-order valence-corrected chi connectivity index (χ3v) is 5.25. The van der Waals surface area contributed by atoms with Gasteiger partial charge >= 0.3 is 0 Å². The van der Waals surface area contributed by atoms with Gasteiger partial charge in [0.15, 0.2) is 0 Å². The summed E-state index contributed by atoms with van der Waals surface area (Å²) in [5, 5.41) is 5.02. The van der Waals surface area contributed by atoms with E-state index in [1.807, 2.05) is 60.7 Å². The van der Waals surface area contributed by atoms with Crippen LogP contribution in [0.1, 0.15) is 24.8 Å². The van der Waals surface area contributed by atoms with Gasteiger partial charge in [-0.25, -0.2) is 15.0 Å². The highest BCUT2D eigenvalue weighted by molar-refractivity contribution is 7.14. The molecule has 0 saturated carbocycles. The van der Waals surface area contributed by atoms with Gasteiger partial charge in [-0.05, 0) is 18.2 Å². The molecule has 0 aliphatic heterocycles. The van der Waals surface area contributed by atoms with Crippen molar-refractivity contribution in [3.8, 4) is 22.1 Å². The Morgan fingerprint density at radius 1 is 0.893 bits per heavy atom. The first kappa shape index (κ1) is 18.1. The van der Waals surface area contributed by atoms with Crippen LogP contribution in [0.15, 0.2) is 73.1 Å². The molecule has 4 rings (SSSR count). The molecule has 1 aromatic carbocycles. The van der Waals surface area contributed by atoms with Crippen molar-refractivity contribution in [2.45, 2.75) is 19.8 Å². The summed E-state index contributed by atoms with van der Waals surface area (Å²) < 4.78 is 6.23. The first-order valence-corrected chi connectivity index (χ1v) is 9.89. The number of thiazole rings is 1. The number of pyridine rings is 2. The zero-order chi connectivity index (χ0) is 19.3. The summed E-state index contributed by atoms with van der Waals surface area (Å²) >= 11 is 1.58. The first-order chi connectivity index (χ1) is 13.7. The van der Waals surface area contributed by atoms with Crippen molar-refractivity contribution in [1.82, 2.24) is 15.0 Å². The summed E-state index contributed by atoms with van der Waals surface area (Å²) in [7, 11) is 0. The molecule has 3 aromatic heterocycles. The van der Waals surface area contributed by atoms with Gasteiger partial charge < -0.3 is 10.1 Å². The van der Waals surface area contributed by atoms with Crippen LogP contribution in [-0.4, -0.2) is 15.0 Å². The maximum atomic E-state index is 6.23. The van der Waals surface area contributed by atoms with Crippen LogP contribution in [0.25, 0.3) is 11.3 Å². The number of nitrogens with one attached hydrogen (secondary N) is 1. The quantitative estimate of drug-likeness (QED) is 0.422. The fourth-order valence-corrected chi connectivity index (χ4v) is 3.60. The minimum atomic E-state index is 0.337. The van der Waals surface area contributed by atoms with E-state index in [4.69, 9.17) is 9.72 Å². The normalized spacial score (nSPS) is 10.8. The van der Waals surface area contributed by atoms with E-state index in [2.05, 4.69) is 29.1 Å². The molecule has 3 heterocycles. The van der Waals surface area contributed by atoms with Crippen LogP contribution >= 0.6 is 11.3 Å². The van der Waals surface area contributed by atoms with Gasteiger partial charge in [0.25, 0.3) is 0 Å². The molecule has 0 atom stereocenters. The molecule has 4 aromatic rings. The van der Waals surface area contributed by atoms with Gasteiger partial charge in [-0.2, -0.15) is 0 Å². The number of rotatable bonds is 6. The van der Waals surface area contributed by atoms with E-state index in [9.17, 15) is 0 Å². The van der Waals surface area contributed by atoms with Gasteiger partial charge in [-0.15, -0.1) is 0 Å². The fraction of sp³-hybridized carbons (Fsp3) is 0.136. The molecule has 0 bridgehead atoms. The zero-order valence-corrected chi connectivity index (χ0v) is 16.5. The second kappa shape index (κ2) is 8.19. The monoisotopic (exact) mass is 388 g/mol. The van der Waals surface area contributed by atoms with Crippen molar-refractivity contribution in [1.29, 1.82) is 0 Å². The number of benzene rings is 1. The van der Waals surface area contributed by atoms with Gasteiger partial charge in [0.05, 0.1) is 5.01 Å². The number of aromatic nitrogens is 3. The van der Waals surface area contributed by atoms with E-state index >= 15 is 0 Å². The van der Waals surface area contributed by atoms with Crippen LogP contribution in [0.2, 0.25) is 0 Å². The van der Waals surface area contributed by atoms with E-state index in [1.165, 1.54) is 0 Å². The maximum absolute atomic E-state index is 6.23. The summed E-state index contributed by atoms with van der Waals surface area (Å²) in [6.07, 6.45) is 3.45. The molecular formula is C22H20N4OS. The Morgan fingerprint density at radius 2 is 1.68 bits per heavy atom. The minimum absolute atomic E-state index is 0.337. The number of anilines is 2. The summed E-state index contributed by atoms with van der Waals surface area (Å²) in [5.74, 6) is 2.44. The molecule has 28 heavy (non-hydrogen) atoms. The Hall–Kier alpha value is -3.25. The van der Waals surface area contributed by atoms with Gasteiger partial charge in [0, 0.05) is 29.9 Å². The second-order valence-electron chi connectivity index (χ2n) is 6.53. The lowest BCUT2D eigenvalue weighted by molar-refractivity contribution is 0.496. The minimum Gasteiger partial charge on any atom is -0.444 e. The van der Waals surface area contributed by atoms with Crippen molar-refractivity contribution in [3.63, 3.8) is 0 Å². The average Bonchev–Trinajstić information content (AvgIpc) is 3.14. The van der Waals surface area contributed by atoms with Crippen molar-refractivity contribution in [2.24, 2.45) is 0 Å². The van der Waals surface area contributed by atoms with Gasteiger partial charge in [-0.1, -0.05) is 61.6 Å². The highest BCUT2D eigenvalue weighted by Crippen LogP contribution is 2.40. The molecule has 1 N–H and O–H groups in total. The highest BCUT2D eigenvalue weighted by Gasteiger charge is 2.17. The number of nitrogens with zero attached hydrogens (tertiary/aromatic N) is 3. The fourth-order valence-electron chi connectivity index (χ4n) is 2.63. The van der Waals surface area contributed by atoms with Gasteiger partial charge in [-0.3, -0.25) is 0 Å². The maximum Gasteiger partial charge on any atom is 0.208 e. The van der Waals surface area contributed by atoms with Crippen LogP contribution in [0.4, 0.5) is 11.6 Å². The van der Waals surface area contributed by atoms with Gasteiger partial charge in [0.2, 0.25) is 5.06 Å². The molecule has 0 saturated heterocycles. The van der Waals surface area contributed by atoms with Gasteiger partial charge in [0.1, 0.15) is 23.1 Å². The summed E-state index contributed by atoms with van der Waals surface area (Å²) in [5.41, 5.74) is 1.91. The molecule has 140 valence electrons. The van der Waals surface area contributed by atoms with Crippen LogP contribution in [-0.2, 0) is 0 Å². The predicted octanol–water partition coefficient (Wildman–Crippen LogP) is 6.26. The lowest BCUT2D eigenvalue weighted by Crippen LogP contribution is -1.95. The molecule has 0 aliphatic carbocycles. The topological polar surface area (TPSA) is 59.9 Å². The van der Waals surface area contributed by atoms with Crippen molar-refractivity contribution in [2.75, 3.05) is 5.32 Å². The largest absolute Gasteiger partial charge is 0.444 e. The van der Waals surface area contributed by atoms with E-state index in [-0.39, 0.29) is 0 Å². The zero-order valence-electron chi connectivity index (χ0n) is 15.7. The third-order valence-electron chi connectivity index (χ3n) is 4.02. The van der Waals surface area contributed by atoms with E-state index in [0.717, 1.165) is 27.1 Å². The molecule has 6 heteroatoms. The Kier molecular flexibility index (Phi) is 5.30. The van der Waals surface area contributed by atoms with Crippen LogP contribution in [0.5, 0.6) is 10.8 Å². The lowest BCUT2D eigenvalue weighted by atomic mass is 10.1. The molecule has 0 radical (unpaired) electrons. The highest BCUT2D eigenvalue weighted by atomic mass is 32.1. The number of ether oxygens (including phenoxy) is 1. The molecule has 0 fully saturated rings. The first-order valence-electron chi connectivity index (χ1n) is 9.07. The molecular weight excluding hydrogens is 368 g/mol. The van der Waals surface area contributed by atoms with Crippen LogP contribution in [0.3, 0.4) is 0 Å². The van der Waals surface area contributed by atoms with Crippen LogP contribution < -0.4 is 10.1 Å². The summed E-state index contributed by atoms with van der Waals surface area (Å²) in [6.45, 7) is 4.28. The molecule has 5 nitrogen and oxygen atoms in total. The SMILES string of the molecule is CC(C)c1nc(-c2ccccc2)c(Oc2ccnc(Nc3ccccn3)c2)s1. The van der Waals surface area contributed by atoms with Crippen molar-refractivity contribution >= 4 is 23.0 Å². The van der Waals surface area contributed by atoms with E-state index in [1.54, 1.807) is 23.7 Å². The van der Waals surface area contributed by atoms with E-state index in [0.29, 0.717) is 17.5 Å². The summed E-state index contributed by atoms with van der Waals surface area (Å²) in [6, 6.07) is 19.5. The van der Waals surface area contributed by atoms with Crippen molar-refractivity contribution < 1.29 is 4.74 Å². The van der Waals surface area contributed by atoms with Crippen LogP contribution in [0, 0.1) is 0 Å². The van der Waals surface area contributed by atoms with E-state index < -0.39 is 0 Å². The Bertz CT molecular complexity index is 1050. The molecule has 0 amide bonds. The Balaban J connectivity index is 1.63. The Labute approximate surface area is 168 Å². The third kappa shape index (κ3) is 4.18. The smallest absolute Gasteiger partial charge is 0.208 e. The molecule has 0 aliphatic rings. The predicted molar refractivity (Wildman–Crippen MR) is 113 cm³/mol. The molecule has 0 unspecified atom stereocenters. The van der Waals surface area contributed by atoms with Crippen molar-refractivity contribution in [3.05, 3.63) is 78.1 Å². The average molecular weight is 388 g/mol. The number of hydrogen-bond donors (Lipinski definition) is 1. The number of hydrogen-bond acceptors (Lipinski definition) is 6. The summed E-state index contributed by atoms with van der Waals surface area (Å²) in [4.78, 5) is 13.4. The standard InChI is InChI=1S/C22H20N4OS/c1-15(2)21-26-20(16-8-4-3-5-9-16)22(28-21)27-17-11-13-24-19(14-17)25-18-10-6-7-12-23-18/h3-15H,1-2H3,(H,23,24,25). The lowest BCUT2D eigenvalue weighted by Gasteiger charge is -2.08. The Morgan fingerprint density at radius 3 is 2.43 bits per heavy atom. The molecule has 0 spiro atoms. The second-order valence-corrected chi connectivity index (χ2v) is 7.52.